The van der Waals surface area contributed by atoms with Gasteiger partial charge in [0.25, 0.3) is 5.69 Å². The van der Waals surface area contributed by atoms with E-state index >= 15 is 0 Å². The van der Waals surface area contributed by atoms with Crippen LogP contribution in [-0.2, 0) is 0 Å². The van der Waals surface area contributed by atoms with Crippen LogP contribution in [0.2, 0.25) is 0 Å². The van der Waals surface area contributed by atoms with Crippen LogP contribution in [0.4, 0.5) is 11.5 Å². The fourth-order valence-corrected chi connectivity index (χ4v) is 2.00. The van der Waals surface area contributed by atoms with Crippen molar-refractivity contribution in [3.05, 3.63) is 34.6 Å². The Kier molecular flexibility index (Phi) is 4.05. The van der Waals surface area contributed by atoms with Crippen molar-refractivity contribution < 1.29 is 4.92 Å². The first-order valence-corrected chi connectivity index (χ1v) is 6.18. The Balaban J connectivity index is 2.53. The van der Waals surface area contributed by atoms with Gasteiger partial charge < -0.3 is 4.90 Å². The van der Waals surface area contributed by atoms with Crippen LogP contribution >= 0.6 is 0 Å². The Bertz CT molecular complexity index is 680. The molecule has 1 heterocycles. The predicted octanol–water partition coefficient (Wildman–Crippen LogP) is 2.28. The third-order valence-corrected chi connectivity index (χ3v) is 2.98. The molecule has 2 aromatic rings. The average molecular weight is 271 g/mol. The smallest absolute Gasteiger partial charge is 0.270 e. The van der Waals surface area contributed by atoms with Gasteiger partial charge in [-0.05, 0) is 13.0 Å². The Morgan fingerprint density at radius 2 is 2.25 bits per heavy atom. The van der Waals surface area contributed by atoms with Crippen molar-refractivity contribution in [1.82, 2.24) is 9.97 Å². The monoisotopic (exact) mass is 271 g/mol. The first-order valence-electron chi connectivity index (χ1n) is 6.18. The van der Waals surface area contributed by atoms with Crippen LogP contribution in [0.5, 0.6) is 0 Å². The third-order valence-electron chi connectivity index (χ3n) is 2.98. The van der Waals surface area contributed by atoms with Crippen molar-refractivity contribution in [1.29, 1.82) is 5.26 Å². The van der Waals surface area contributed by atoms with Crippen molar-refractivity contribution >= 4 is 22.4 Å². The highest BCUT2D eigenvalue weighted by molar-refractivity contribution is 5.91. The lowest BCUT2D eigenvalue weighted by molar-refractivity contribution is -0.384. The lowest BCUT2D eigenvalue weighted by Crippen LogP contribution is -2.25. The number of rotatable bonds is 5. The molecule has 1 aromatic carbocycles. The fraction of sp³-hybridized carbons (Fsp3) is 0.308. The molecule has 20 heavy (non-hydrogen) atoms. The molecule has 0 saturated heterocycles. The molecule has 7 nitrogen and oxygen atoms in total. The maximum Gasteiger partial charge on any atom is 0.270 e. The average Bonchev–Trinajstić information content (AvgIpc) is 2.47. The van der Waals surface area contributed by atoms with Crippen LogP contribution in [0, 0.1) is 21.4 Å². The normalized spacial score (nSPS) is 10.2. The first kappa shape index (κ1) is 13.7. The van der Waals surface area contributed by atoms with Crippen LogP contribution in [0.15, 0.2) is 24.5 Å². The molecule has 0 atom stereocenters. The number of hydrogen-bond acceptors (Lipinski definition) is 6. The molecule has 2 rings (SSSR count). The molecule has 0 unspecified atom stereocenters. The molecule has 0 aliphatic heterocycles. The number of hydrogen-bond donors (Lipinski definition) is 0. The lowest BCUT2D eigenvalue weighted by atomic mass is 10.2. The predicted molar refractivity (Wildman–Crippen MR) is 74.3 cm³/mol. The number of nitro groups is 1. The summed E-state index contributed by atoms with van der Waals surface area (Å²) in [5.41, 5.74) is 0.654. The Labute approximate surface area is 115 Å². The molecule has 0 fully saturated rings. The van der Waals surface area contributed by atoms with Crippen LogP contribution in [0.25, 0.3) is 10.9 Å². The second-order valence-electron chi connectivity index (χ2n) is 4.14. The van der Waals surface area contributed by atoms with Gasteiger partial charge in [-0.25, -0.2) is 9.97 Å². The molecule has 0 aliphatic carbocycles. The maximum atomic E-state index is 10.9. The second-order valence-corrected chi connectivity index (χ2v) is 4.14. The van der Waals surface area contributed by atoms with E-state index in [1.165, 1.54) is 18.5 Å². The van der Waals surface area contributed by atoms with Crippen LogP contribution in [0.1, 0.15) is 13.3 Å². The Morgan fingerprint density at radius 3 is 2.90 bits per heavy atom. The zero-order valence-corrected chi connectivity index (χ0v) is 11.0. The SMILES string of the molecule is CCN(CCC#N)c1ncnc2ccc([N+](=O)[O-])cc12. The van der Waals surface area contributed by atoms with Crippen LogP contribution in [-0.4, -0.2) is 28.0 Å². The third kappa shape index (κ3) is 2.64. The summed E-state index contributed by atoms with van der Waals surface area (Å²) >= 11 is 0. The molecule has 0 amide bonds. The molecular formula is C13H13N5O2. The fourth-order valence-electron chi connectivity index (χ4n) is 2.00. The zero-order chi connectivity index (χ0) is 14.5. The van der Waals surface area contributed by atoms with E-state index in [4.69, 9.17) is 5.26 Å². The molecule has 1 aromatic heterocycles. The number of nitro benzene ring substituents is 1. The second kappa shape index (κ2) is 5.93. The summed E-state index contributed by atoms with van der Waals surface area (Å²) in [6, 6.07) is 6.59. The Hall–Kier alpha value is -2.75. The van der Waals surface area contributed by atoms with Gasteiger partial charge in [-0.1, -0.05) is 0 Å². The summed E-state index contributed by atoms with van der Waals surface area (Å²) in [7, 11) is 0. The van der Waals surface area contributed by atoms with Gasteiger partial charge in [0, 0.05) is 30.6 Å². The summed E-state index contributed by atoms with van der Waals surface area (Å²) in [5.74, 6) is 0.622. The lowest BCUT2D eigenvalue weighted by Gasteiger charge is -2.21. The zero-order valence-electron chi connectivity index (χ0n) is 11.0. The van der Waals surface area contributed by atoms with Gasteiger partial charge in [0.1, 0.15) is 12.1 Å². The summed E-state index contributed by atoms with van der Waals surface area (Å²) in [6.45, 7) is 3.14. The number of fused-ring (bicyclic) bond motifs is 1. The summed E-state index contributed by atoms with van der Waals surface area (Å²) in [6.07, 6.45) is 1.80. The van der Waals surface area contributed by atoms with Gasteiger partial charge in [0.2, 0.25) is 0 Å². The number of aromatic nitrogens is 2. The Morgan fingerprint density at radius 1 is 1.45 bits per heavy atom. The van der Waals surface area contributed by atoms with E-state index in [9.17, 15) is 10.1 Å². The van der Waals surface area contributed by atoms with E-state index in [-0.39, 0.29) is 5.69 Å². The number of non-ortho nitro benzene ring substituents is 1. The number of nitriles is 1. The molecule has 0 spiro atoms. The van der Waals surface area contributed by atoms with E-state index in [1.54, 1.807) is 6.07 Å². The molecule has 0 radical (unpaired) electrons. The summed E-state index contributed by atoms with van der Waals surface area (Å²) in [4.78, 5) is 20.7. The van der Waals surface area contributed by atoms with Crippen LogP contribution in [0.3, 0.4) is 0 Å². The molecule has 102 valence electrons. The summed E-state index contributed by atoms with van der Waals surface area (Å²) < 4.78 is 0. The van der Waals surface area contributed by atoms with Crippen molar-refractivity contribution in [3.63, 3.8) is 0 Å². The number of anilines is 1. The number of benzene rings is 1. The van der Waals surface area contributed by atoms with Gasteiger partial charge >= 0.3 is 0 Å². The highest BCUT2D eigenvalue weighted by Gasteiger charge is 2.14. The van der Waals surface area contributed by atoms with Gasteiger partial charge in [0.05, 0.1) is 22.9 Å². The van der Waals surface area contributed by atoms with E-state index in [2.05, 4.69) is 16.0 Å². The highest BCUT2D eigenvalue weighted by atomic mass is 16.6. The maximum absolute atomic E-state index is 10.9. The van der Waals surface area contributed by atoms with E-state index < -0.39 is 4.92 Å². The number of nitrogens with zero attached hydrogens (tertiary/aromatic N) is 5. The van der Waals surface area contributed by atoms with E-state index in [0.717, 1.165) is 0 Å². The van der Waals surface area contributed by atoms with Gasteiger partial charge in [-0.3, -0.25) is 10.1 Å². The first-order chi connectivity index (χ1) is 9.67. The van der Waals surface area contributed by atoms with Crippen LogP contribution < -0.4 is 4.90 Å². The molecule has 7 heteroatoms. The van der Waals surface area contributed by atoms with Crippen molar-refractivity contribution in [2.24, 2.45) is 0 Å². The largest absolute Gasteiger partial charge is 0.355 e. The van der Waals surface area contributed by atoms with Gasteiger partial charge in [0.15, 0.2) is 0 Å². The standard InChI is InChI=1S/C13H13N5O2/c1-2-17(7-3-6-14)13-11-8-10(18(19)20)4-5-12(11)15-9-16-13/h4-5,8-9H,2-3,7H2,1H3. The highest BCUT2D eigenvalue weighted by Crippen LogP contribution is 2.26. The quantitative estimate of drug-likeness (QED) is 0.611. The van der Waals surface area contributed by atoms with Crippen molar-refractivity contribution in [2.45, 2.75) is 13.3 Å². The molecule has 0 N–H and O–H groups in total. The minimum absolute atomic E-state index is 0.00452. The van der Waals surface area contributed by atoms with Crippen molar-refractivity contribution in [3.8, 4) is 6.07 Å². The topological polar surface area (TPSA) is 96.0 Å². The van der Waals surface area contributed by atoms with Crippen molar-refractivity contribution in [2.75, 3.05) is 18.0 Å². The minimum Gasteiger partial charge on any atom is -0.355 e. The van der Waals surface area contributed by atoms with E-state index in [0.29, 0.717) is 36.2 Å². The summed E-state index contributed by atoms with van der Waals surface area (Å²) in [5, 5.41) is 20.2. The van der Waals surface area contributed by atoms with E-state index in [1.807, 2.05) is 11.8 Å². The molecule has 0 saturated carbocycles. The minimum atomic E-state index is -0.443. The molecular weight excluding hydrogens is 258 g/mol. The molecule has 0 aliphatic rings. The van der Waals surface area contributed by atoms with Gasteiger partial charge in [-0.15, -0.1) is 0 Å². The molecule has 0 bridgehead atoms. The van der Waals surface area contributed by atoms with Gasteiger partial charge in [-0.2, -0.15) is 5.26 Å².